The lowest BCUT2D eigenvalue weighted by molar-refractivity contribution is 0.102. The van der Waals surface area contributed by atoms with Gasteiger partial charge in [-0.05, 0) is 37.5 Å². The number of benzene rings is 1. The van der Waals surface area contributed by atoms with Crippen LogP contribution in [-0.2, 0) is 4.74 Å². The molecule has 0 aliphatic carbocycles. The molecule has 0 spiro atoms. The summed E-state index contributed by atoms with van der Waals surface area (Å²) in [6.45, 7) is 3.49. The van der Waals surface area contributed by atoms with Gasteiger partial charge in [0.1, 0.15) is 17.8 Å². The van der Waals surface area contributed by atoms with Crippen LogP contribution in [0.5, 0.6) is 0 Å². The molecule has 0 bridgehead atoms. The second-order valence-corrected chi connectivity index (χ2v) is 6.58. The third-order valence-electron chi connectivity index (χ3n) is 3.86. The van der Waals surface area contributed by atoms with E-state index in [4.69, 9.17) is 4.74 Å². The Bertz CT molecular complexity index is 732. The van der Waals surface area contributed by atoms with Crippen LogP contribution in [0.2, 0.25) is 0 Å². The van der Waals surface area contributed by atoms with E-state index in [9.17, 15) is 4.79 Å². The molecular formula is C17H19BrN4O2. The number of nitrogens with zero attached hydrogens (tertiary/aromatic N) is 2. The lowest BCUT2D eigenvalue weighted by atomic mass is 10.2. The summed E-state index contributed by atoms with van der Waals surface area (Å²) in [5, 5.41) is 6.04. The summed E-state index contributed by atoms with van der Waals surface area (Å²) < 4.78 is 6.51. The Morgan fingerprint density at radius 3 is 3.00 bits per heavy atom. The standard InChI is InChI=1S/C17H19BrN4O2/c1-11-4-5-12(7-14(11)18)22-17(23)15-8-16(21-10-20-15)19-9-13-3-2-6-24-13/h4-5,7-8,10,13H,2-3,6,9H2,1H3,(H,22,23)(H,19,20,21). The normalized spacial score (nSPS) is 16.8. The summed E-state index contributed by atoms with van der Waals surface area (Å²) >= 11 is 3.46. The van der Waals surface area contributed by atoms with Crippen LogP contribution in [0.1, 0.15) is 28.9 Å². The molecule has 2 N–H and O–H groups in total. The molecule has 7 heteroatoms. The molecule has 126 valence electrons. The van der Waals surface area contributed by atoms with E-state index in [1.54, 1.807) is 6.07 Å². The van der Waals surface area contributed by atoms with Crippen LogP contribution in [0.15, 0.2) is 35.1 Å². The van der Waals surface area contributed by atoms with Gasteiger partial charge in [0, 0.05) is 29.4 Å². The molecule has 3 rings (SSSR count). The lowest BCUT2D eigenvalue weighted by Crippen LogP contribution is -2.20. The predicted molar refractivity (Wildman–Crippen MR) is 96.3 cm³/mol. The SMILES string of the molecule is Cc1ccc(NC(=O)c2cc(NCC3CCCO3)ncn2)cc1Br. The summed E-state index contributed by atoms with van der Waals surface area (Å²) in [7, 11) is 0. The Morgan fingerprint density at radius 2 is 2.25 bits per heavy atom. The minimum atomic E-state index is -0.270. The first-order valence-electron chi connectivity index (χ1n) is 7.87. The third kappa shape index (κ3) is 4.30. The predicted octanol–water partition coefficient (Wildman–Crippen LogP) is 3.39. The quantitative estimate of drug-likeness (QED) is 0.817. The van der Waals surface area contributed by atoms with E-state index in [2.05, 4.69) is 36.5 Å². The molecule has 2 aromatic rings. The van der Waals surface area contributed by atoms with E-state index < -0.39 is 0 Å². The first kappa shape index (κ1) is 16.9. The number of hydrogen-bond donors (Lipinski definition) is 2. The molecule has 24 heavy (non-hydrogen) atoms. The van der Waals surface area contributed by atoms with E-state index in [-0.39, 0.29) is 12.0 Å². The van der Waals surface area contributed by atoms with Gasteiger partial charge in [-0.2, -0.15) is 0 Å². The van der Waals surface area contributed by atoms with Crippen LogP contribution in [0, 0.1) is 6.92 Å². The largest absolute Gasteiger partial charge is 0.376 e. The van der Waals surface area contributed by atoms with Crippen molar-refractivity contribution in [2.75, 3.05) is 23.8 Å². The van der Waals surface area contributed by atoms with Crippen molar-refractivity contribution in [2.45, 2.75) is 25.9 Å². The highest BCUT2D eigenvalue weighted by Crippen LogP contribution is 2.21. The average molecular weight is 391 g/mol. The number of amides is 1. The number of aromatic nitrogens is 2. The monoisotopic (exact) mass is 390 g/mol. The van der Waals surface area contributed by atoms with Crippen molar-refractivity contribution in [1.29, 1.82) is 0 Å². The fourth-order valence-electron chi connectivity index (χ4n) is 2.47. The number of carbonyl (C=O) groups excluding carboxylic acids is 1. The van der Waals surface area contributed by atoms with Crippen molar-refractivity contribution in [3.8, 4) is 0 Å². The van der Waals surface area contributed by atoms with Gasteiger partial charge >= 0.3 is 0 Å². The van der Waals surface area contributed by atoms with E-state index in [0.29, 0.717) is 23.7 Å². The van der Waals surface area contributed by atoms with Gasteiger partial charge in [-0.15, -0.1) is 0 Å². The molecule has 1 aromatic carbocycles. The van der Waals surface area contributed by atoms with E-state index in [1.807, 2.05) is 25.1 Å². The Kier molecular flexibility index (Phi) is 5.42. The van der Waals surface area contributed by atoms with Crippen molar-refractivity contribution < 1.29 is 9.53 Å². The second kappa shape index (κ2) is 7.72. The van der Waals surface area contributed by atoms with Crippen molar-refractivity contribution in [2.24, 2.45) is 0 Å². The molecule has 0 saturated carbocycles. The number of hydrogen-bond acceptors (Lipinski definition) is 5. The maximum absolute atomic E-state index is 12.4. The van der Waals surface area contributed by atoms with Gasteiger partial charge in [0.2, 0.25) is 0 Å². The van der Waals surface area contributed by atoms with Gasteiger partial charge in [0.15, 0.2) is 0 Å². The smallest absolute Gasteiger partial charge is 0.274 e. The van der Waals surface area contributed by atoms with Gasteiger partial charge in [0.25, 0.3) is 5.91 Å². The lowest BCUT2D eigenvalue weighted by Gasteiger charge is -2.11. The summed E-state index contributed by atoms with van der Waals surface area (Å²) in [4.78, 5) is 20.6. The highest BCUT2D eigenvalue weighted by molar-refractivity contribution is 9.10. The molecule has 2 heterocycles. The summed E-state index contributed by atoms with van der Waals surface area (Å²) in [6, 6.07) is 7.31. The van der Waals surface area contributed by atoms with Crippen molar-refractivity contribution in [3.63, 3.8) is 0 Å². The van der Waals surface area contributed by atoms with Gasteiger partial charge in [-0.25, -0.2) is 9.97 Å². The third-order valence-corrected chi connectivity index (χ3v) is 4.72. The van der Waals surface area contributed by atoms with Gasteiger partial charge in [-0.1, -0.05) is 22.0 Å². The fraction of sp³-hybridized carbons (Fsp3) is 0.353. The molecule has 1 saturated heterocycles. The van der Waals surface area contributed by atoms with Crippen LogP contribution in [0.3, 0.4) is 0 Å². The Hall–Kier alpha value is -1.99. The summed E-state index contributed by atoms with van der Waals surface area (Å²) in [6.07, 6.45) is 3.74. The molecule has 1 aromatic heterocycles. The van der Waals surface area contributed by atoms with Gasteiger partial charge in [0.05, 0.1) is 6.10 Å². The second-order valence-electron chi connectivity index (χ2n) is 5.72. The summed E-state index contributed by atoms with van der Waals surface area (Å²) in [5.41, 5.74) is 2.14. The molecule has 1 fully saturated rings. The maximum Gasteiger partial charge on any atom is 0.274 e. The summed E-state index contributed by atoms with van der Waals surface area (Å²) in [5.74, 6) is 0.351. The van der Waals surface area contributed by atoms with Crippen LogP contribution in [0.25, 0.3) is 0 Å². The Balaban J connectivity index is 1.63. The van der Waals surface area contributed by atoms with Gasteiger partial charge in [-0.3, -0.25) is 4.79 Å². The molecular weight excluding hydrogens is 372 g/mol. The number of aryl methyl sites for hydroxylation is 1. The molecule has 1 amide bonds. The Labute approximate surface area is 149 Å². The number of rotatable bonds is 5. The molecule has 1 unspecified atom stereocenters. The van der Waals surface area contributed by atoms with Crippen LogP contribution in [0.4, 0.5) is 11.5 Å². The number of carbonyl (C=O) groups is 1. The van der Waals surface area contributed by atoms with E-state index in [0.717, 1.165) is 29.5 Å². The zero-order chi connectivity index (χ0) is 16.9. The zero-order valence-corrected chi connectivity index (χ0v) is 15.0. The minimum absolute atomic E-state index is 0.210. The van der Waals surface area contributed by atoms with Crippen LogP contribution >= 0.6 is 15.9 Å². The van der Waals surface area contributed by atoms with Crippen LogP contribution in [-0.4, -0.2) is 35.1 Å². The molecule has 1 aliphatic heterocycles. The maximum atomic E-state index is 12.4. The average Bonchev–Trinajstić information content (AvgIpc) is 3.10. The van der Waals surface area contributed by atoms with Gasteiger partial charge < -0.3 is 15.4 Å². The Morgan fingerprint density at radius 1 is 1.38 bits per heavy atom. The van der Waals surface area contributed by atoms with E-state index in [1.165, 1.54) is 6.33 Å². The zero-order valence-electron chi connectivity index (χ0n) is 13.4. The number of ether oxygens (including phenoxy) is 1. The van der Waals surface area contributed by atoms with Crippen molar-refractivity contribution >= 4 is 33.3 Å². The van der Waals surface area contributed by atoms with Crippen molar-refractivity contribution in [1.82, 2.24) is 9.97 Å². The number of halogens is 1. The first-order valence-corrected chi connectivity index (χ1v) is 8.66. The molecule has 1 aliphatic rings. The minimum Gasteiger partial charge on any atom is -0.376 e. The number of nitrogens with one attached hydrogen (secondary N) is 2. The van der Waals surface area contributed by atoms with Crippen molar-refractivity contribution in [3.05, 3.63) is 46.3 Å². The first-order chi connectivity index (χ1) is 11.6. The number of anilines is 2. The molecule has 6 nitrogen and oxygen atoms in total. The fourth-order valence-corrected chi connectivity index (χ4v) is 2.85. The van der Waals surface area contributed by atoms with E-state index >= 15 is 0 Å². The topological polar surface area (TPSA) is 76.1 Å². The molecule has 0 radical (unpaired) electrons. The highest BCUT2D eigenvalue weighted by atomic mass is 79.9. The highest BCUT2D eigenvalue weighted by Gasteiger charge is 2.16. The molecule has 1 atom stereocenters. The van der Waals surface area contributed by atoms with Crippen LogP contribution < -0.4 is 10.6 Å².